The summed E-state index contributed by atoms with van der Waals surface area (Å²) >= 11 is 0. The number of allylic oxidation sites excluding steroid dienone is 1. The topological polar surface area (TPSA) is 115 Å². The van der Waals surface area contributed by atoms with Crippen LogP contribution in [-0.4, -0.2) is 46.7 Å². The van der Waals surface area contributed by atoms with E-state index in [9.17, 15) is 14.9 Å². The number of nitrogens with one attached hydrogen (secondary N) is 2. The highest BCUT2D eigenvalue weighted by molar-refractivity contribution is 6.06. The van der Waals surface area contributed by atoms with Crippen LogP contribution in [0.4, 0.5) is 23.0 Å². The Morgan fingerprint density at radius 3 is 2.60 bits per heavy atom. The molecule has 3 heterocycles. The molecular weight excluding hydrogens is 508 g/mol. The van der Waals surface area contributed by atoms with Gasteiger partial charge in [-0.2, -0.15) is 0 Å². The Balaban J connectivity index is 1.50. The third kappa shape index (κ3) is 4.46. The van der Waals surface area contributed by atoms with Crippen LogP contribution in [-0.2, 0) is 9.53 Å². The molecule has 3 aromatic carbocycles. The summed E-state index contributed by atoms with van der Waals surface area (Å²) in [6, 6.07) is 18.2. The van der Waals surface area contributed by atoms with Crippen molar-refractivity contribution >= 4 is 40.0 Å². The SMILES string of the molecule is CC1=C(C(=O)Nc2ccc(C)cc2C)[C@@H](c2ccc(N3CCOCC3)c([N+](=O)[O-])c2)n2c(nc3ccccc32)N1. The second kappa shape index (κ2) is 10.1. The summed E-state index contributed by atoms with van der Waals surface area (Å²) in [5.74, 6) is 0.289. The van der Waals surface area contributed by atoms with Crippen LogP contribution in [0.1, 0.15) is 29.7 Å². The molecular formula is C30H30N6O4. The largest absolute Gasteiger partial charge is 0.378 e. The zero-order valence-electron chi connectivity index (χ0n) is 22.6. The maximum absolute atomic E-state index is 14.0. The van der Waals surface area contributed by atoms with Gasteiger partial charge in [0, 0.05) is 30.5 Å². The Bertz CT molecular complexity index is 1690. The van der Waals surface area contributed by atoms with Crippen LogP contribution in [0, 0.1) is 24.0 Å². The van der Waals surface area contributed by atoms with Crippen LogP contribution < -0.4 is 15.5 Å². The molecule has 0 spiro atoms. The summed E-state index contributed by atoms with van der Waals surface area (Å²) in [7, 11) is 0. The van der Waals surface area contributed by atoms with E-state index in [-0.39, 0.29) is 16.5 Å². The molecule has 4 aromatic rings. The van der Waals surface area contributed by atoms with Crippen molar-refractivity contribution in [2.75, 3.05) is 41.8 Å². The molecule has 1 saturated heterocycles. The van der Waals surface area contributed by atoms with Gasteiger partial charge in [-0.3, -0.25) is 19.5 Å². The minimum atomic E-state index is -0.646. The van der Waals surface area contributed by atoms with Gasteiger partial charge in [-0.1, -0.05) is 35.9 Å². The van der Waals surface area contributed by atoms with E-state index in [1.54, 1.807) is 12.1 Å². The fraction of sp³-hybridized carbons (Fsp3) is 0.267. The fourth-order valence-electron chi connectivity index (χ4n) is 5.65. The number of aryl methyl sites for hydroxylation is 2. The number of anilines is 3. The molecule has 0 radical (unpaired) electrons. The maximum Gasteiger partial charge on any atom is 0.292 e. The standard InChI is InChI=1S/C30H30N6O4/c1-18-8-10-22(19(2)16-18)32-29(37)27-20(3)31-30-33-23-6-4-5-7-24(23)35(30)28(27)21-9-11-25(26(17-21)36(38)39)34-12-14-40-15-13-34/h4-11,16-17,28H,12-15H2,1-3H3,(H,31,33)(H,32,37)/t28-/m1/s1. The molecule has 40 heavy (non-hydrogen) atoms. The van der Waals surface area contributed by atoms with Gasteiger partial charge in [0.1, 0.15) is 5.69 Å². The number of imidazole rings is 1. The minimum Gasteiger partial charge on any atom is -0.378 e. The quantitative estimate of drug-likeness (QED) is 0.261. The molecule has 10 nitrogen and oxygen atoms in total. The number of hydrogen-bond donors (Lipinski definition) is 2. The molecule has 0 saturated carbocycles. The molecule has 2 N–H and O–H groups in total. The van der Waals surface area contributed by atoms with E-state index in [4.69, 9.17) is 9.72 Å². The van der Waals surface area contributed by atoms with Gasteiger partial charge in [-0.25, -0.2) is 4.98 Å². The number of benzene rings is 3. The third-order valence-electron chi connectivity index (χ3n) is 7.57. The lowest BCUT2D eigenvalue weighted by atomic mass is 9.93. The third-order valence-corrected chi connectivity index (χ3v) is 7.57. The number of nitro benzene ring substituents is 1. The Labute approximate surface area is 231 Å². The van der Waals surface area contributed by atoms with Crippen molar-refractivity contribution in [3.05, 3.63) is 98.7 Å². The number of carbonyl (C=O) groups is 1. The molecule has 0 aliphatic carbocycles. The normalized spacial score (nSPS) is 17.0. The molecule has 10 heteroatoms. The Hall–Kier alpha value is -4.70. The number of amides is 1. The fourth-order valence-corrected chi connectivity index (χ4v) is 5.65. The second-order valence-corrected chi connectivity index (χ2v) is 10.2. The van der Waals surface area contributed by atoms with Crippen molar-refractivity contribution in [3.8, 4) is 0 Å². The van der Waals surface area contributed by atoms with E-state index in [1.165, 1.54) is 0 Å². The predicted molar refractivity (Wildman–Crippen MR) is 155 cm³/mol. The first-order valence-corrected chi connectivity index (χ1v) is 13.3. The van der Waals surface area contributed by atoms with E-state index in [0.717, 1.165) is 22.2 Å². The van der Waals surface area contributed by atoms with Gasteiger partial charge in [0.05, 0.1) is 40.8 Å². The molecule has 1 amide bonds. The molecule has 1 fully saturated rings. The van der Waals surface area contributed by atoms with Crippen molar-refractivity contribution in [1.29, 1.82) is 0 Å². The Morgan fingerprint density at radius 2 is 1.85 bits per heavy atom. The first-order chi connectivity index (χ1) is 19.3. The van der Waals surface area contributed by atoms with Crippen LogP contribution in [0.2, 0.25) is 0 Å². The van der Waals surface area contributed by atoms with Crippen molar-refractivity contribution in [2.45, 2.75) is 26.8 Å². The number of nitro groups is 1. The number of hydrogen-bond acceptors (Lipinski definition) is 7. The molecule has 2 aliphatic heterocycles. The van der Waals surface area contributed by atoms with Gasteiger partial charge in [0.15, 0.2) is 0 Å². The smallest absolute Gasteiger partial charge is 0.292 e. The highest BCUT2D eigenvalue weighted by Gasteiger charge is 2.36. The highest BCUT2D eigenvalue weighted by atomic mass is 16.6. The van der Waals surface area contributed by atoms with Crippen LogP contribution >= 0.6 is 0 Å². The molecule has 6 rings (SSSR count). The molecule has 0 bridgehead atoms. The van der Waals surface area contributed by atoms with Gasteiger partial charge in [0.2, 0.25) is 5.95 Å². The predicted octanol–water partition coefficient (Wildman–Crippen LogP) is 5.33. The first kappa shape index (κ1) is 25.6. The summed E-state index contributed by atoms with van der Waals surface area (Å²) in [6.45, 7) is 7.98. The van der Waals surface area contributed by atoms with Crippen LogP contribution in [0.3, 0.4) is 0 Å². The second-order valence-electron chi connectivity index (χ2n) is 10.2. The number of carbonyl (C=O) groups excluding carboxylic acids is 1. The van der Waals surface area contributed by atoms with Crippen molar-refractivity contribution in [1.82, 2.24) is 9.55 Å². The lowest BCUT2D eigenvalue weighted by Crippen LogP contribution is -2.36. The monoisotopic (exact) mass is 538 g/mol. The minimum absolute atomic E-state index is 0.00399. The van der Waals surface area contributed by atoms with E-state index in [2.05, 4.69) is 10.6 Å². The number of morpholine rings is 1. The summed E-state index contributed by atoms with van der Waals surface area (Å²) < 4.78 is 7.40. The molecule has 204 valence electrons. The molecule has 2 aliphatic rings. The zero-order chi connectivity index (χ0) is 28.0. The lowest BCUT2D eigenvalue weighted by molar-refractivity contribution is -0.384. The number of ether oxygens (including phenoxy) is 1. The summed E-state index contributed by atoms with van der Waals surface area (Å²) in [5.41, 5.74) is 6.61. The number of rotatable bonds is 5. The average molecular weight is 539 g/mol. The summed E-state index contributed by atoms with van der Waals surface area (Å²) in [6.07, 6.45) is 0. The molecule has 1 atom stereocenters. The van der Waals surface area contributed by atoms with Crippen molar-refractivity contribution in [2.24, 2.45) is 0 Å². The van der Waals surface area contributed by atoms with Gasteiger partial charge < -0.3 is 20.3 Å². The highest BCUT2D eigenvalue weighted by Crippen LogP contribution is 2.42. The average Bonchev–Trinajstić information content (AvgIpc) is 3.31. The number of nitrogens with zero attached hydrogens (tertiary/aromatic N) is 4. The zero-order valence-corrected chi connectivity index (χ0v) is 22.6. The van der Waals surface area contributed by atoms with Gasteiger partial charge in [-0.05, 0) is 56.2 Å². The Kier molecular flexibility index (Phi) is 6.47. The number of aromatic nitrogens is 2. The van der Waals surface area contributed by atoms with E-state index in [0.29, 0.717) is 60.5 Å². The van der Waals surface area contributed by atoms with Gasteiger partial charge >= 0.3 is 0 Å². The van der Waals surface area contributed by atoms with Crippen LogP contribution in [0.25, 0.3) is 11.0 Å². The first-order valence-electron chi connectivity index (χ1n) is 13.3. The number of para-hydroxylation sites is 2. The van der Waals surface area contributed by atoms with E-state index in [1.807, 2.05) is 78.8 Å². The van der Waals surface area contributed by atoms with Gasteiger partial charge in [-0.15, -0.1) is 0 Å². The number of fused-ring (bicyclic) bond motifs is 3. The van der Waals surface area contributed by atoms with Crippen molar-refractivity contribution < 1.29 is 14.5 Å². The van der Waals surface area contributed by atoms with Crippen molar-refractivity contribution in [3.63, 3.8) is 0 Å². The maximum atomic E-state index is 14.0. The Morgan fingerprint density at radius 1 is 1.07 bits per heavy atom. The molecule has 1 aromatic heterocycles. The van der Waals surface area contributed by atoms with Crippen LogP contribution in [0.5, 0.6) is 0 Å². The van der Waals surface area contributed by atoms with E-state index < -0.39 is 6.04 Å². The van der Waals surface area contributed by atoms with E-state index >= 15 is 0 Å². The van der Waals surface area contributed by atoms with Crippen LogP contribution in [0.15, 0.2) is 71.9 Å². The lowest BCUT2D eigenvalue weighted by Gasteiger charge is -2.32. The summed E-state index contributed by atoms with van der Waals surface area (Å²) in [4.78, 5) is 32.7. The summed E-state index contributed by atoms with van der Waals surface area (Å²) in [5, 5.41) is 18.7. The molecule has 0 unspecified atom stereocenters. The van der Waals surface area contributed by atoms with Gasteiger partial charge in [0.25, 0.3) is 11.6 Å².